The van der Waals surface area contributed by atoms with Crippen LogP contribution in [0.1, 0.15) is 42.5 Å². The van der Waals surface area contributed by atoms with Crippen LogP contribution in [0.5, 0.6) is 0 Å². The van der Waals surface area contributed by atoms with Crippen molar-refractivity contribution in [3.63, 3.8) is 0 Å². The second-order valence-electron chi connectivity index (χ2n) is 5.64. The molecule has 0 aliphatic heterocycles. The van der Waals surface area contributed by atoms with Gasteiger partial charge in [-0.25, -0.2) is 4.79 Å². The second kappa shape index (κ2) is 6.75. The van der Waals surface area contributed by atoms with Crippen molar-refractivity contribution in [3.05, 3.63) is 29.8 Å². The Hall–Kier alpha value is -1.55. The van der Waals surface area contributed by atoms with Crippen LogP contribution in [0, 0.1) is 5.41 Å². The second-order valence-corrected chi connectivity index (χ2v) is 5.64. The van der Waals surface area contributed by atoms with Gasteiger partial charge >= 0.3 is 5.97 Å². The molecule has 20 heavy (non-hydrogen) atoms. The average molecular weight is 277 g/mol. The fourth-order valence-corrected chi connectivity index (χ4v) is 2.82. The molecule has 1 saturated carbocycles. The lowest BCUT2D eigenvalue weighted by molar-refractivity contribution is 0.0601. The zero-order valence-corrected chi connectivity index (χ0v) is 12.0. The molecule has 0 spiro atoms. The van der Waals surface area contributed by atoms with Crippen LogP contribution in [0.15, 0.2) is 24.3 Å². The number of anilines is 1. The summed E-state index contributed by atoms with van der Waals surface area (Å²) < 4.78 is 4.67. The summed E-state index contributed by atoms with van der Waals surface area (Å²) in [6.45, 7) is 1.02. The minimum atomic E-state index is -0.323. The molecule has 1 aromatic carbocycles. The molecule has 1 aliphatic rings. The van der Waals surface area contributed by atoms with Crippen molar-refractivity contribution in [2.75, 3.05) is 25.6 Å². The van der Waals surface area contributed by atoms with Gasteiger partial charge in [-0.3, -0.25) is 0 Å². The van der Waals surface area contributed by atoms with Crippen LogP contribution in [0.3, 0.4) is 0 Å². The molecule has 2 N–H and O–H groups in total. The van der Waals surface area contributed by atoms with E-state index in [4.69, 9.17) is 0 Å². The maximum absolute atomic E-state index is 11.4. The normalized spacial score (nSPS) is 17.5. The molecule has 0 aromatic heterocycles. The quantitative estimate of drug-likeness (QED) is 0.813. The van der Waals surface area contributed by atoms with Crippen LogP contribution < -0.4 is 5.32 Å². The van der Waals surface area contributed by atoms with Crippen molar-refractivity contribution >= 4 is 11.7 Å². The van der Waals surface area contributed by atoms with Gasteiger partial charge in [-0.05, 0) is 37.1 Å². The summed E-state index contributed by atoms with van der Waals surface area (Å²) in [7, 11) is 1.38. The Bertz CT molecular complexity index is 436. The first-order valence-electron chi connectivity index (χ1n) is 7.22. The maximum Gasteiger partial charge on any atom is 0.337 e. The van der Waals surface area contributed by atoms with Gasteiger partial charge in [0, 0.05) is 17.6 Å². The summed E-state index contributed by atoms with van der Waals surface area (Å²) >= 11 is 0. The molecular formula is C16H23NO3. The number of carbonyl (C=O) groups is 1. The highest BCUT2D eigenvalue weighted by atomic mass is 16.5. The third-order valence-electron chi connectivity index (χ3n) is 4.22. The van der Waals surface area contributed by atoms with Gasteiger partial charge in [0.1, 0.15) is 0 Å². The molecule has 0 radical (unpaired) electrons. The molecule has 4 nitrogen and oxygen atoms in total. The molecule has 4 heteroatoms. The molecule has 2 rings (SSSR count). The van der Waals surface area contributed by atoms with Gasteiger partial charge < -0.3 is 15.2 Å². The number of carbonyl (C=O) groups excluding carboxylic acids is 1. The topological polar surface area (TPSA) is 58.6 Å². The summed E-state index contributed by atoms with van der Waals surface area (Å²) in [5.41, 5.74) is 1.53. The summed E-state index contributed by atoms with van der Waals surface area (Å²) in [6.07, 6.45) is 5.83. The van der Waals surface area contributed by atoms with Gasteiger partial charge in [0.25, 0.3) is 0 Å². The SMILES string of the molecule is COC(=O)c1ccc(NCC2(CO)CCCCC2)cc1. The monoisotopic (exact) mass is 277 g/mol. The molecular weight excluding hydrogens is 254 g/mol. The number of aliphatic hydroxyl groups excluding tert-OH is 1. The van der Waals surface area contributed by atoms with Gasteiger partial charge in [0.15, 0.2) is 0 Å². The van der Waals surface area contributed by atoms with E-state index in [1.807, 2.05) is 12.1 Å². The minimum absolute atomic E-state index is 0.0132. The number of ether oxygens (including phenoxy) is 1. The number of aliphatic hydroxyl groups is 1. The number of esters is 1. The Morgan fingerprint density at radius 3 is 2.45 bits per heavy atom. The number of nitrogens with one attached hydrogen (secondary N) is 1. The van der Waals surface area contributed by atoms with Crippen LogP contribution in [-0.4, -0.2) is 31.3 Å². The molecule has 0 unspecified atom stereocenters. The van der Waals surface area contributed by atoms with E-state index in [0.29, 0.717) is 5.56 Å². The zero-order valence-electron chi connectivity index (χ0n) is 12.0. The van der Waals surface area contributed by atoms with E-state index in [-0.39, 0.29) is 18.0 Å². The van der Waals surface area contributed by atoms with E-state index in [1.54, 1.807) is 12.1 Å². The van der Waals surface area contributed by atoms with Gasteiger partial charge in [-0.1, -0.05) is 19.3 Å². The standard InChI is InChI=1S/C16H23NO3/c1-20-15(19)13-5-7-14(8-6-13)17-11-16(12-18)9-3-2-4-10-16/h5-8,17-18H,2-4,9-12H2,1H3. The van der Waals surface area contributed by atoms with E-state index in [9.17, 15) is 9.90 Å². The number of hydrogen-bond donors (Lipinski definition) is 2. The number of rotatable bonds is 5. The van der Waals surface area contributed by atoms with E-state index < -0.39 is 0 Å². The molecule has 0 atom stereocenters. The lowest BCUT2D eigenvalue weighted by Crippen LogP contribution is -2.35. The Morgan fingerprint density at radius 1 is 1.25 bits per heavy atom. The highest BCUT2D eigenvalue weighted by Gasteiger charge is 2.31. The Balaban J connectivity index is 1.94. The molecule has 1 aliphatic carbocycles. The number of methoxy groups -OCH3 is 1. The van der Waals surface area contributed by atoms with Gasteiger partial charge in [0.05, 0.1) is 19.3 Å². The molecule has 1 fully saturated rings. The maximum atomic E-state index is 11.4. The van der Waals surface area contributed by atoms with Crippen LogP contribution in [0.25, 0.3) is 0 Å². The van der Waals surface area contributed by atoms with Gasteiger partial charge in [0.2, 0.25) is 0 Å². The van der Waals surface area contributed by atoms with Crippen LogP contribution in [0.2, 0.25) is 0 Å². The van der Waals surface area contributed by atoms with E-state index >= 15 is 0 Å². The third-order valence-corrected chi connectivity index (χ3v) is 4.22. The predicted octanol–water partition coefficient (Wildman–Crippen LogP) is 2.83. The first-order chi connectivity index (χ1) is 9.69. The number of hydrogen-bond acceptors (Lipinski definition) is 4. The lowest BCUT2D eigenvalue weighted by Gasteiger charge is -2.36. The molecule has 110 valence electrons. The van der Waals surface area contributed by atoms with E-state index in [0.717, 1.165) is 25.1 Å². The first kappa shape index (κ1) is 14.9. The fourth-order valence-electron chi connectivity index (χ4n) is 2.82. The van der Waals surface area contributed by atoms with Crippen molar-refractivity contribution in [1.29, 1.82) is 0 Å². The zero-order chi connectivity index (χ0) is 14.4. The summed E-state index contributed by atoms with van der Waals surface area (Å²) in [6, 6.07) is 7.25. The number of benzene rings is 1. The molecule has 0 heterocycles. The lowest BCUT2D eigenvalue weighted by atomic mass is 9.74. The van der Waals surface area contributed by atoms with Gasteiger partial charge in [-0.2, -0.15) is 0 Å². The summed E-state index contributed by atoms with van der Waals surface area (Å²) in [5.74, 6) is -0.323. The smallest absolute Gasteiger partial charge is 0.337 e. The van der Waals surface area contributed by atoms with Crippen molar-refractivity contribution < 1.29 is 14.6 Å². The summed E-state index contributed by atoms with van der Waals surface area (Å²) in [5, 5.41) is 13.0. The fraction of sp³-hybridized carbons (Fsp3) is 0.562. The van der Waals surface area contributed by atoms with Crippen molar-refractivity contribution in [2.24, 2.45) is 5.41 Å². The predicted molar refractivity (Wildman–Crippen MR) is 78.9 cm³/mol. The molecule has 1 aromatic rings. The van der Waals surface area contributed by atoms with E-state index in [2.05, 4.69) is 10.1 Å². The highest BCUT2D eigenvalue weighted by molar-refractivity contribution is 5.89. The molecule has 0 bridgehead atoms. The van der Waals surface area contributed by atoms with Crippen LogP contribution in [0.4, 0.5) is 5.69 Å². The average Bonchev–Trinajstić information content (AvgIpc) is 2.53. The molecule has 0 amide bonds. The Kier molecular flexibility index (Phi) is 5.01. The van der Waals surface area contributed by atoms with Gasteiger partial charge in [-0.15, -0.1) is 0 Å². The summed E-state index contributed by atoms with van der Waals surface area (Å²) in [4.78, 5) is 11.4. The van der Waals surface area contributed by atoms with E-state index in [1.165, 1.54) is 26.4 Å². The highest BCUT2D eigenvalue weighted by Crippen LogP contribution is 2.35. The van der Waals surface area contributed by atoms with Crippen LogP contribution in [-0.2, 0) is 4.74 Å². The van der Waals surface area contributed by atoms with Crippen molar-refractivity contribution in [2.45, 2.75) is 32.1 Å². The minimum Gasteiger partial charge on any atom is -0.465 e. The Labute approximate surface area is 120 Å². The first-order valence-corrected chi connectivity index (χ1v) is 7.22. The third kappa shape index (κ3) is 3.51. The Morgan fingerprint density at radius 2 is 1.90 bits per heavy atom. The van der Waals surface area contributed by atoms with Crippen molar-refractivity contribution in [1.82, 2.24) is 0 Å². The molecule has 0 saturated heterocycles. The van der Waals surface area contributed by atoms with Crippen LogP contribution >= 0.6 is 0 Å². The largest absolute Gasteiger partial charge is 0.465 e. The van der Waals surface area contributed by atoms with Crippen molar-refractivity contribution in [3.8, 4) is 0 Å².